The Morgan fingerprint density at radius 3 is 2.29 bits per heavy atom. The maximum absolute atomic E-state index is 11.4. The molecule has 0 aliphatic carbocycles. The Hall–Kier alpha value is -2.83. The molecule has 4 rings (SSSR count). The molecule has 142 valence electrons. The standard InChI is InChI=1S/C22H20N2O2S2/c1-15-3-4-17(16-5-7-19(8-6-16)24-28(2,25)26)14-21(15)23-20-9-10-22-18(13-20)11-12-27-22/h3-14,23-24H,1-2H3. The van der Waals surface area contributed by atoms with Gasteiger partial charge in [0.2, 0.25) is 10.0 Å². The van der Waals surface area contributed by atoms with Gasteiger partial charge in [-0.3, -0.25) is 4.72 Å². The van der Waals surface area contributed by atoms with Gasteiger partial charge in [-0.1, -0.05) is 24.3 Å². The lowest BCUT2D eigenvalue weighted by atomic mass is 10.0. The highest BCUT2D eigenvalue weighted by Gasteiger charge is 2.06. The first kappa shape index (κ1) is 18.5. The Labute approximate surface area is 168 Å². The molecule has 0 amide bonds. The van der Waals surface area contributed by atoms with E-state index >= 15 is 0 Å². The topological polar surface area (TPSA) is 58.2 Å². The molecule has 28 heavy (non-hydrogen) atoms. The molecule has 0 bridgehead atoms. The predicted molar refractivity (Wildman–Crippen MR) is 120 cm³/mol. The molecule has 1 aromatic heterocycles. The van der Waals surface area contributed by atoms with Crippen LogP contribution in [0.1, 0.15) is 5.56 Å². The highest BCUT2D eigenvalue weighted by Crippen LogP contribution is 2.30. The van der Waals surface area contributed by atoms with Crippen LogP contribution >= 0.6 is 11.3 Å². The zero-order valence-corrected chi connectivity index (χ0v) is 17.2. The van der Waals surface area contributed by atoms with Crippen LogP contribution in [0, 0.1) is 6.92 Å². The lowest BCUT2D eigenvalue weighted by molar-refractivity contribution is 0.607. The summed E-state index contributed by atoms with van der Waals surface area (Å²) in [5.41, 5.74) is 5.90. The number of aryl methyl sites for hydroxylation is 1. The van der Waals surface area contributed by atoms with Crippen molar-refractivity contribution in [2.24, 2.45) is 0 Å². The zero-order chi connectivity index (χ0) is 19.7. The van der Waals surface area contributed by atoms with Gasteiger partial charge in [0.1, 0.15) is 0 Å². The quantitative estimate of drug-likeness (QED) is 0.426. The highest BCUT2D eigenvalue weighted by molar-refractivity contribution is 7.92. The van der Waals surface area contributed by atoms with Crippen LogP contribution in [0.5, 0.6) is 0 Å². The van der Waals surface area contributed by atoms with E-state index in [0.717, 1.165) is 34.3 Å². The van der Waals surface area contributed by atoms with Gasteiger partial charge in [-0.05, 0) is 76.8 Å². The normalized spacial score (nSPS) is 11.5. The van der Waals surface area contributed by atoms with E-state index < -0.39 is 10.0 Å². The molecule has 0 saturated carbocycles. The van der Waals surface area contributed by atoms with Crippen LogP contribution in [-0.4, -0.2) is 14.7 Å². The van der Waals surface area contributed by atoms with Crippen molar-refractivity contribution < 1.29 is 8.42 Å². The van der Waals surface area contributed by atoms with E-state index in [1.807, 2.05) is 12.1 Å². The van der Waals surface area contributed by atoms with E-state index in [4.69, 9.17) is 0 Å². The number of hydrogen-bond acceptors (Lipinski definition) is 4. The van der Waals surface area contributed by atoms with Gasteiger partial charge >= 0.3 is 0 Å². The molecular weight excluding hydrogens is 388 g/mol. The molecule has 0 atom stereocenters. The van der Waals surface area contributed by atoms with Crippen molar-refractivity contribution in [1.29, 1.82) is 0 Å². The summed E-state index contributed by atoms with van der Waals surface area (Å²) in [5.74, 6) is 0. The molecule has 4 nitrogen and oxygen atoms in total. The van der Waals surface area contributed by atoms with Crippen molar-refractivity contribution in [3.63, 3.8) is 0 Å². The number of benzene rings is 3. The van der Waals surface area contributed by atoms with Crippen molar-refractivity contribution in [3.05, 3.63) is 77.7 Å². The summed E-state index contributed by atoms with van der Waals surface area (Å²) >= 11 is 1.74. The fourth-order valence-corrected chi connectivity index (χ4v) is 4.42. The summed E-state index contributed by atoms with van der Waals surface area (Å²) in [7, 11) is -3.27. The highest BCUT2D eigenvalue weighted by atomic mass is 32.2. The Kier molecular flexibility index (Phi) is 4.83. The summed E-state index contributed by atoms with van der Waals surface area (Å²) in [6, 6.07) is 22.2. The number of rotatable bonds is 5. The first-order valence-corrected chi connectivity index (χ1v) is 11.6. The third-order valence-electron chi connectivity index (χ3n) is 4.49. The number of anilines is 3. The van der Waals surface area contributed by atoms with E-state index in [2.05, 4.69) is 64.8 Å². The third-order valence-corrected chi connectivity index (χ3v) is 5.99. The minimum atomic E-state index is -3.27. The molecule has 0 aliphatic rings. The maximum atomic E-state index is 11.4. The smallest absolute Gasteiger partial charge is 0.229 e. The van der Waals surface area contributed by atoms with Crippen LogP contribution in [0.2, 0.25) is 0 Å². The van der Waals surface area contributed by atoms with Crippen molar-refractivity contribution in [2.75, 3.05) is 16.3 Å². The molecule has 0 spiro atoms. The predicted octanol–water partition coefficient (Wildman–Crippen LogP) is 5.99. The van der Waals surface area contributed by atoms with Crippen LogP contribution in [0.3, 0.4) is 0 Å². The van der Waals surface area contributed by atoms with E-state index in [0.29, 0.717) is 5.69 Å². The maximum Gasteiger partial charge on any atom is 0.229 e. The first-order valence-electron chi connectivity index (χ1n) is 8.80. The van der Waals surface area contributed by atoms with Crippen molar-refractivity contribution >= 4 is 48.5 Å². The summed E-state index contributed by atoms with van der Waals surface area (Å²) in [5, 5.41) is 6.85. The van der Waals surface area contributed by atoms with Gasteiger partial charge in [-0.25, -0.2) is 8.42 Å². The van der Waals surface area contributed by atoms with E-state index in [-0.39, 0.29) is 0 Å². The van der Waals surface area contributed by atoms with E-state index in [1.165, 1.54) is 10.1 Å². The fraction of sp³-hybridized carbons (Fsp3) is 0.0909. The fourth-order valence-electron chi connectivity index (χ4n) is 3.08. The largest absolute Gasteiger partial charge is 0.355 e. The van der Waals surface area contributed by atoms with E-state index in [9.17, 15) is 8.42 Å². The van der Waals surface area contributed by atoms with Crippen LogP contribution < -0.4 is 10.0 Å². The molecule has 0 radical (unpaired) electrons. The Morgan fingerprint density at radius 1 is 0.821 bits per heavy atom. The number of fused-ring (bicyclic) bond motifs is 1. The lowest BCUT2D eigenvalue weighted by Gasteiger charge is -2.13. The van der Waals surface area contributed by atoms with Crippen LogP contribution in [0.25, 0.3) is 21.2 Å². The molecule has 0 fully saturated rings. The average molecular weight is 409 g/mol. The molecule has 3 aromatic carbocycles. The van der Waals surface area contributed by atoms with Gasteiger partial charge in [0.15, 0.2) is 0 Å². The van der Waals surface area contributed by atoms with Gasteiger partial charge < -0.3 is 5.32 Å². The Morgan fingerprint density at radius 2 is 1.54 bits per heavy atom. The van der Waals surface area contributed by atoms with E-state index in [1.54, 1.807) is 23.5 Å². The molecule has 6 heteroatoms. The Bertz CT molecular complexity index is 1240. The molecule has 2 N–H and O–H groups in total. The molecule has 4 aromatic rings. The summed E-state index contributed by atoms with van der Waals surface area (Å²) in [6.07, 6.45) is 1.15. The SMILES string of the molecule is Cc1ccc(-c2ccc(NS(C)(=O)=O)cc2)cc1Nc1ccc2sccc2c1. The van der Waals surface area contributed by atoms with Crippen LogP contribution in [-0.2, 0) is 10.0 Å². The van der Waals surface area contributed by atoms with Crippen LogP contribution in [0.4, 0.5) is 17.1 Å². The molecule has 0 unspecified atom stereocenters. The number of thiophene rings is 1. The number of sulfonamides is 1. The van der Waals surface area contributed by atoms with Crippen molar-refractivity contribution in [3.8, 4) is 11.1 Å². The first-order chi connectivity index (χ1) is 13.4. The third kappa shape index (κ3) is 4.18. The van der Waals surface area contributed by atoms with Gasteiger partial charge in [0.05, 0.1) is 6.26 Å². The second-order valence-corrected chi connectivity index (χ2v) is 9.48. The monoisotopic (exact) mass is 408 g/mol. The van der Waals surface area contributed by atoms with Gasteiger partial charge in [0.25, 0.3) is 0 Å². The lowest BCUT2D eigenvalue weighted by Crippen LogP contribution is -2.09. The molecule has 1 heterocycles. The van der Waals surface area contributed by atoms with Gasteiger partial charge in [0, 0.05) is 21.8 Å². The van der Waals surface area contributed by atoms with Gasteiger partial charge in [-0.2, -0.15) is 0 Å². The summed E-state index contributed by atoms with van der Waals surface area (Å²) < 4.78 is 26.5. The van der Waals surface area contributed by atoms with Gasteiger partial charge in [-0.15, -0.1) is 11.3 Å². The number of hydrogen-bond donors (Lipinski definition) is 2. The molecule has 0 aliphatic heterocycles. The number of nitrogens with one attached hydrogen (secondary N) is 2. The molecular formula is C22H20N2O2S2. The minimum absolute atomic E-state index is 0.556. The average Bonchev–Trinajstić information content (AvgIpc) is 3.11. The second kappa shape index (κ2) is 7.30. The molecule has 0 saturated heterocycles. The van der Waals surface area contributed by atoms with Crippen molar-refractivity contribution in [1.82, 2.24) is 0 Å². The Balaban J connectivity index is 1.61. The van der Waals surface area contributed by atoms with Crippen molar-refractivity contribution in [2.45, 2.75) is 6.92 Å². The summed E-state index contributed by atoms with van der Waals surface area (Å²) in [4.78, 5) is 0. The second-order valence-electron chi connectivity index (χ2n) is 6.78. The summed E-state index contributed by atoms with van der Waals surface area (Å²) in [6.45, 7) is 2.08. The van der Waals surface area contributed by atoms with Crippen LogP contribution in [0.15, 0.2) is 72.1 Å². The minimum Gasteiger partial charge on any atom is -0.355 e. The zero-order valence-electron chi connectivity index (χ0n) is 15.6.